The Balaban J connectivity index is 1.60. The van der Waals surface area contributed by atoms with E-state index in [1.54, 1.807) is 6.20 Å². The molecule has 0 aliphatic heterocycles. The molecule has 0 atom stereocenters. The zero-order valence-corrected chi connectivity index (χ0v) is 15.6. The van der Waals surface area contributed by atoms with E-state index in [-0.39, 0.29) is 5.97 Å². The van der Waals surface area contributed by atoms with Crippen molar-refractivity contribution in [1.29, 1.82) is 5.26 Å². The van der Waals surface area contributed by atoms with E-state index < -0.39 is 0 Å². The van der Waals surface area contributed by atoms with Gasteiger partial charge in [-0.2, -0.15) is 5.26 Å². The van der Waals surface area contributed by atoms with Gasteiger partial charge < -0.3 is 4.74 Å². The maximum absolute atomic E-state index is 10.9. The quantitative estimate of drug-likeness (QED) is 0.330. The Morgan fingerprint density at radius 1 is 1.04 bits per heavy atom. The maximum atomic E-state index is 10.9. The fourth-order valence-corrected chi connectivity index (χ4v) is 2.75. The number of ether oxygens (including phenoxy) is 1. The molecule has 0 saturated heterocycles. The van der Waals surface area contributed by atoms with Crippen molar-refractivity contribution < 1.29 is 9.53 Å². The molecule has 0 saturated carbocycles. The van der Waals surface area contributed by atoms with Gasteiger partial charge >= 0.3 is 5.97 Å². The SMILES string of the molecule is C=CC(=O)OCCCCCCCCc1ccc(-c2cnc(C#N)cn2)cc1. The molecule has 0 unspecified atom stereocenters. The van der Waals surface area contributed by atoms with Gasteiger partial charge in [-0.05, 0) is 24.8 Å². The second-order valence-corrected chi connectivity index (χ2v) is 6.34. The van der Waals surface area contributed by atoms with Crippen molar-refractivity contribution in [3.05, 3.63) is 60.6 Å². The summed E-state index contributed by atoms with van der Waals surface area (Å²) in [6, 6.07) is 10.3. The molecule has 5 heteroatoms. The first kappa shape index (κ1) is 20.3. The monoisotopic (exact) mass is 363 g/mol. The molecule has 5 nitrogen and oxygen atoms in total. The summed E-state index contributed by atoms with van der Waals surface area (Å²) in [6.07, 6.45) is 12.1. The number of benzene rings is 1. The van der Waals surface area contributed by atoms with E-state index in [1.165, 1.54) is 43.5 Å². The van der Waals surface area contributed by atoms with Crippen LogP contribution < -0.4 is 0 Å². The van der Waals surface area contributed by atoms with Gasteiger partial charge in [0.25, 0.3) is 0 Å². The van der Waals surface area contributed by atoms with Crippen LogP contribution >= 0.6 is 0 Å². The highest BCUT2D eigenvalue weighted by Crippen LogP contribution is 2.18. The zero-order valence-electron chi connectivity index (χ0n) is 15.6. The number of rotatable bonds is 11. The van der Waals surface area contributed by atoms with Crippen molar-refractivity contribution in [3.63, 3.8) is 0 Å². The van der Waals surface area contributed by atoms with Gasteiger partial charge in [0.1, 0.15) is 6.07 Å². The number of unbranched alkanes of at least 4 members (excludes halogenated alkanes) is 5. The van der Waals surface area contributed by atoms with Gasteiger partial charge in [0.05, 0.1) is 24.7 Å². The molecule has 0 spiro atoms. The largest absolute Gasteiger partial charge is 0.463 e. The minimum absolute atomic E-state index is 0.327. The molecule has 140 valence electrons. The van der Waals surface area contributed by atoms with Crippen LogP contribution in [0.3, 0.4) is 0 Å². The predicted octanol–water partition coefficient (Wildman–Crippen LogP) is 4.63. The predicted molar refractivity (Wildman–Crippen MR) is 105 cm³/mol. The van der Waals surface area contributed by atoms with Gasteiger partial charge in [-0.3, -0.25) is 4.98 Å². The number of carbonyl (C=O) groups excluding carboxylic acids is 1. The molecule has 27 heavy (non-hydrogen) atoms. The van der Waals surface area contributed by atoms with Crippen LogP contribution in [0.25, 0.3) is 11.3 Å². The second-order valence-electron chi connectivity index (χ2n) is 6.34. The third-order valence-corrected chi connectivity index (χ3v) is 4.29. The van der Waals surface area contributed by atoms with E-state index in [1.807, 2.05) is 6.07 Å². The van der Waals surface area contributed by atoms with Gasteiger partial charge in [-0.1, -0.05) is 56.5 Å². The van der Waals surface area contributed by atoms with Gasteiger partial charge in [0.2, 0.25) is 0 Å². The summed E-state index contributed by atoms with van der Waals surface area (Å²) >= 11 is 0. The van der Waals surface area contributed by atoms with Gasteiger partial charge in [0.15, 0.2) is 5.69 Å². The standard InChI is InChI=1S/C22H25N3O2/c1-2-22(26)27-14-8-6-4-3-5-7-9-18-10-12-19(13-11-18)21-17-24-20(15-23)16-25-21/h2,10-13,16-17H,1,3-9,14H2. The van der Waals surface area contributed by atoms with Crippen LogP contribution in [0.2, 0.25) is 0 Å². The summed E-state index contributed by atoms with van der Waals surface area (Å²) in [5.41, 5.74) is 3.43. The molecule has 2 aromatic rings. The first-order valence-electron chi connectivity index (χ1n) is 9.33. The van der Waals surface area contributed by atoms with Crippen LogP contribution in [0.1, 0.15) is 49.8 Å². The number of hydrogen-bond acceptors (Lipinski definition) is 5. The highest BCUT2D eigenvalue weighted by atomic mass is 16.5. The summed E-state index contributed by atoms with van der Waals surface area (Å²) in [4.78, 5) is 19.2. The molecule has 1 heterocycles. The van der Waals surface area contributed by atoms with Crippen molar-refractivity contribution in [2.24, 2.45) is 0 Å². The Morgan fingerprint density at radius 3 is 2.37 bits per heavy atom. The van der Waals surface area contributed by atoms with E-state index in [0.29, 0.717) is 12.3 Å². The van der Waals surface area contributed by atoms with Crippen LogP contribution in [0.5, 0.6) is 0 Å². The summed E-state index contributed by atoms with van der Waals surface area (Å²) in [5, 5.41) is 8.77. The maximum Gasteiger partial charge on any atom is 0.330 e. The van der Waals surface area contributed by atoms with E-state index in [9.17, 15) is 4.79 Å². The van der Waals surface area contributed by atoms with Crippen LogP contribution in [0, 0.1) is 11.3 Å². The van der Waals surface area contributed by atoms with Crippen LogP contribution in [-0.2, 0) is 16.0 Å². The van der Waals surface area contributed by atoms with Crippen molar-refractivity contribution in [2.45, 2.75) is 44.9 Å². The number of nitrogens with zero attached hydrogens (tertiary/aromatic N) is 3. The molecule has 1 aromatic heterocycles. The average Bonchev–Trinajstić information content (AvgIpc) is 2.73. The Labute approximate surface area is 160 Å². The summed E-state index contributed by atoms with van der Waals surface area (Å²) in [7, 11) is 0. The lowest BCUT2D eigenvalue weighted by Crippen LogP contribution is -2.01. The summed E-state index contributed by atoms with van der Waals surface area (Å²) in [6.45, 7) is 3.86. The fourth-order valence-electron chi connectivity index (χ4n) is 2.75. The van der Waals surface area contributed by atoms with Crippen molar-refractivity contribution in [3.8, 4) is 17.3 Å². The number of carbonyl (C=O) groups is 1. The number of hydrogen-bond donors (Lipinski definition) is 0. The molecular weight excluding hydrogens is 338 g/mol. The minimum atomic E-state index is -0.341. The lowest BCUT2D eigenvalue weighted by molar-refractivity contribution is -0.137. The highest BCUT2D eigenvalue weighted by molar-refractivity contribution is 5.81. The average molecular weight is 363 g/mol. The number of nitriles is 1. The molecule has 0 aliphatic carbocycles. The zero-order chi connectivity index (χ0) is 19.3. The van der Waals surface area contributed by atoms with Crippen LogP contribution in [0.15, 0.2) is 49.3 Å². The molecule has 0 amide bonds. The molecule has 0 N–H and O–H groups in total. The number of esters is 1. The van der Waals surface area contributed by atoms with Crippen LogP contribution in [0.4, 0.5) is 0 Å². The Morgan fingerprint density at radius 2 is 1.74 bits per heavy atom. The van der Waals surface area contributed by atoms with Crippen LogP contribution in [-0.4, -0.2) is 22.5 Å². The Kier molecular flexibility index (Phi) is 8.72. The minimum Gasteiger partial charge on any atom is -0.463 e. The smallest absolute Gasteiger partial charge is 0.330 e. The lowest BCUT2D eigenvalue weighted by Gasteiger charge is -2.05. The third kappa shape index (κ3) is 7.41. The first-order valence-corrected chi connectivity index (χ1v) is 9.33. The van der Waals surface area contributed by atoms with E-state index in [0.717, 1.165) is 30.5 Å². The van der Waals surface area contributed by atoms with Gasteiger partial charge in [-0.15, -0.1) is 0 Å². The summed E-state index contributed by atoms with van der Waals surface area (Å²) in [5.74, 6) is -0.341. The molecule has 0 radical (unpaired) electrons. The van der Waals surface area contributed by atoms with Gasteiger partial charge in [-0.25, -0.2) is 9.78 Å². The van der Waals surface area contributed by atoms with Crippen molar-refractivity contribution >= 4 is 5.97 Å². The number of aromatic nitrogens is 2. The molecule has 2 rings (SSSR count). The second kappa shape index (κ2) is 11.6. The normalized spacial score (nSPS) is 10.2. The number of aryl methyl sites for hydroxylation is 1. The molecule has 0 fully saturated rings. The topological polar surface area (TPSA) is 75.9 Å². The molecule has 0 aliphatic rings. The first-order chi connectivity index (χ1) is 13.2. The van der Waals surface area contributed by atoms with E-state index in [4.69, 9.17) is 10.00 Å². The fraction of sp³-hybridized carbons (Fsp3) is 0.364. The van der Waals surface area contributed by atoms with Crippen molar-refractivity contribution in [1.82, 2.24) is 9.97 Å². The molecular formula is C22H25N3O2. The van der Waals surface area contributed by atoms with Gasteiger partial charge in [0, 0.05) is 11.6 Å². The summed E-state index contributed by atoms with van der Waals surface area (Å²) < 4.78 is 4.95. The third-order valence-electron chi connectivity index (χ3n) is 4.29. The highest BCUT2D eigenvalue weighted by Gasteiger charge is 2.02. The molecule has 0 bridgehead atoms. The lowest BCUT2D eigenvalue weighted by atomic mass is 10.0. The van der Waals surface area contributed by atoms with E-state index in [2.05, 4.69) is 40.8 Å². The molecule has 1 aromatic carbocycles. The Bertz CT molecular complexity index is 762. The van der Waals surface area contributed by atoms with Crippen molar-refractivity contribution in [2.75, 3.05) is 6.61 Å². The Hall–Kier alpha value is -3.00. The van der Waals surface area contributed by atoms with E-state index >= 15 is 0 Å².